The van der Waals surface area contributed by atoms with Crippen LogP contribution in [-0.2, 0) is 4.74 Å². The average molecular weight is 223 g/mol. The smallest absolute Gasteiger partial charge is 0.146 e. The number of benzene rings is 1. The quantitative estimate of drug-likeness (QED) is 0.849. The van der Waals surface area contributed by atoms with Gasteiger partial charge in [-0.3, -0.25) is 0 Å². The van der Waals surface area contributed by atoms with Crippen molar-refractivity contribution in [3.05, 3.63) is 30.1 Å². The molecule has 1 saturated carbocycles. The van der Waals surface area contributed by atoms with Crippen LogP contribution in [0.2, 0.25) is 0 Å². The number of rotatable bonds is 3. The minimum Gasteiger partial charge on any atom is -0.381 e. The van der Waals surface area contributed by atoms with Crippen molar-refractivity contribution in [1.82, 2.24) is 0 Å². The summed E-state index contributed by atoms with van der Waals surface area (Å²) in [5.41, 5.74) is 0.614. The molecule has 3 heteroatoms. The lowest BCUT2D eigenvalue weighted by Crippen LogP contribution is -2.29. The van der Waals surface area contributed by atoms with E-state index in [9.17, 15) is 4.39 Å². The Morgan fingerprint density at radius 2 is 1.88 bits per heavy atom. The zero-order valence-corrected chi connectivity index (χ0v) is 9.58. The molecule has 1 aliphatic rings. The molecule has 0 aromatic heterocycles. The average Bonchev–Trinajstić information content (AvgIpc) is 2.33. The van der Waals surface area contributed by atoms with Crippen molar-refractivity contribution in [2.24, 2.45) is 0 Å². The number of hydrogen-bond donors (Lipinski definition) is 1. The van der Waals surface area contributed by atoms with Crippen molar-refractivity contribution in [3.63, 3.8) is 0 Å². The highest BCUT2D eigenvalue weighted by Crippen LogP contribution is 2.24. The molecular weight excluding hydrogens is 205 g/mol. The molecule has 0 unspecified atom stereocenters. The summed E-state index contributed by atoms with van der Waals surface area (Å²) in [4.78, 5) is 0. The Morgan fingerprint density at radius 1 is 1.19 bits per heavy atom. The zero-order valence-electron chi connectivity index (χ0n) is 9.58. The van der Waals surface area contributed by atoms with Gasteiger partial charge in [-0.1, -0.05) is 12.1 Å². The van der Waals surface area contributed by atoms with E-state index in [-0.39, 0.29) is 5.82 Å². The van der Waals surface area contributed by atoms with Gasteiger partial charge in [-0.2, -0.15) is 0 Å². The third kappa shape index (κ3) is 2.73. The van der Waals surface area contributed by atoms with Gasteiger partial charge >= 0.3 is 0 Å². The van der Waals surface area contributed by atoms with E-state index in [1.165, 1.54) is 6.07 Å². The summed E-state index contributed by atoms with van der Waals surface area (Å²) in [5.74, 6) is -0.170. The van der Waals surface area contributed by atoms with Gasteiger partial charge in [-0.15, -0.1) is 0 Å². The molecule has 0 radical (unpaired) electrons. The molecule has 0 amide bonds. The number of hydrogen-bond acceptors (Lipinski definition) is 2. The van der Waals surface area contributed by atoms with Gasteiger partial charge in [0, 0.05) is 13.2 Å². The van der Waals surface area contributed by atoms with E-state index in [0.29, 0.717) is 17.8 Å². The summed E-state index contributed by atoms with van der Waals surface area (Å²) in [6.45, 7) is 0. The molecule has 88 valence electrons. The van der Waals surface area contributed by atoms with Gasteiger partial charge in [-0.05, 0) is 37.8 Å². The number of halogens is 1. The number of anilines is 1. The SMILES string of the molecule is COC1CCC(Nc2ccccc2F)CC1. The first-order valence-electron chi connectivity index (χ1n) is 5.83. The summed E-state index contributed by atoms with van der Waals surface area (Å²) in [7, 11) is 1.76. The van der Waals surface area contributed by atoms with Gasteiger partial charge < -0.3 is 10.1 Å². The van der Waals surface area contributed by atoms with E-state index in [1.807, 2.05) is 6.07 Å². The van der Waals surface area contributed by atoms with Crippen molar-refractivity contribution in [3.8, 4) is 0 Å². The number of nitrogens with one attached hydrogen (secondary N) is 1. The van der Waals surface area contributed by atoms with E-state index in [0.717, 1.165) is 25.7 Å². The third-order valence-electron chi connectivity index (χ3n) is 3.24. The fourth-order valence-electron chi connectivity index (χ4n) is 2.24. The first kappa shape index (κ1) is 11.4. The van der Waals surface area contributed by atoms with Gasteiger partial charge in [0.1, 0.15) is 5.82 Å². The summed E-state index contributed by atoms with van der Waals surface area (Å²) in [6.07, 6.45) is 4.60. The van der Waals surface area contributed by atoms with Crippen LogP contribution in [0.1, 0.15) is 25.7 Å². The molecule has 0 saturated heterocycles. The maximum absolute atomic E-state index is 13.4. The van der Waals surface area contributed by atoms with Crippen LogP contribution in [0, 0.1) is 5.82 Å². The van der Waals surface area contributed by atoms with Crippen LogP contribution in [0.5, 0.6) is 0 Å². The highest BCUT2D eigenvalue weighted by Gasteiger charge is 2.21. The molecule has 0 heterocycles. The Morgan fingerprint density at radius 3 is 2.50 bits per heavy atom. The Kier molecular flexibility index (Phi) is 3.78. The number of para-hydroxylation sites is 1. The predicted molar refractivity (Wildman–Crippen MR) is 63.1 cm³/mol. The predicted octanol–water partition coefficient (Wildman–Crippen LogP) is 3.20. The minimum absolute atomic E-state index is 0.170. The standard InChI is InChI=1S/C13H18FNO/c1-16-11-8-6-10(7-9-11)15-13-5-3-2-4-12(13)14/h2-5,10-11,15H,6-9H2,1H3. The largest absolute Gasteiger partial charge is 0.381 e. The van der Waals surface area contributed by atoms with Crippen LogP contribution < -0.4 is 5.32 Å². The van der Waals surface area contributed by atoms with Crippen molar-refractivity contribution in [2.45, 2.75) is 37.8 Å². The van der Waals surface area contributed by atoms with E-state index in [1.54, 1.807) is 19.2 Å². The second-order valence-electron chi connectivity index (χ2n) is 4.33. The van der Waals surface area contributed by atoms with E-state index < -0.39 is 0 Å². The topological polar surface area (TPSA) is 21.3 Å². The molecule has 16 heavy (non-hydrogen) atoms. The molecule has 0 aliphatic heterocycles. The van der Waals surface area contributed by atoms with Crippen molar-refractivity contribution in [1.29, 1.82) is 0 Å². The second kappa shape index (κ2) is 5.30. The summed E-state index contributed by atoms with van der Waals surface area (Å²) < 4.78 is 18.7. The molecule has 2 rings (SSSR count). The van der Waals surface area contributed by atoms with Gasteiger partial charge in [0.25, 0.3) is 0 Å². The van der Waals surface area contributed by atoms with Crippen LogP contribution in [0.25, 0.3) is 0 Å². The first-order valence-corrected chi connectivity index (χ1v) is 5.83. The van der Waals surface area contributed by atoms with Gasteiger partial charge in [0.05, 0.1) is 11.8 Å². The van der Waals surface area contributed by atoms with Crippen LogP contribution in [0.3, 0.4) is 0 Å². The highest BCUT2D eigenvalue weighted by atomic mass is 19.1. The lowest BCUT2D eigenvalue weighted by molar-refractivity contribution is 0.0681. The normalized spacial score (nSPS) is 25.4. The van der Waals surface area contributed by atoms with E-state index in [2.05, 4.69) is 5.32 Å². The van der Waals surface area contributed by atoms with Crippen molar-refractivity contribution >= 4 is 5.69 Å². The molecule has 0 bridgehead atoms. The van der Waals surface area contributed by atoms with E-state index in [4.69, 9.17) is 4.74 Å². The molecule has 1 aromatic rings. The molecule has 1 N–H and O–H groups in total. The van der Waals surface area contributed by atoms with Gasteiger partial charge in [-0.25, -0.2) is 4.39 Å². The first-order chi connectivity index (χ1) is 7.79. The minimum atomic E-state index is -0.170. The van der Waals surface area contributed by atoms with Gasteiger partial charge in [0.2, 0.25) is 0 Å². The summed E-state index contributed by atoms with van der Waals surface area (Å²) >= 11 is 0. The molecule has 0 spiro atoms. The summed E-state index contributed by atoms with van der Waals surface area (Å²) in [6, 6.07) is 7.22. The number of ether oxygens (including phenoxy) is 1. The number of methoxy groups -OCH3 is 1. The fourth-order valence-corrected chi connectivity index (χ4v) is 2.24. The molecule has 0 atom stereocenters. The van der Waals surface area contributed by atoms with Crippen LogP contribution in [-0.4, -0.2) is 19.3 Å². The Hall–Kier alpha value is -1.09. The molecule has 1 fully saturated rings. The Balaban J connectivity index is 1.89. The van der Waals surface area contributed by atoms with Crippen LogP contribution in [0.4, 0.5) is 10.1 Å². The lowest BCUT2D eigenvalue weighted by atomic mass is 9.93. The van der Waals surface area contributed by atoms with Crippen molar-refractivity contribution in [2.75, 3.05) is 12.4 Å². The Bertz CT molecular complexity index is 334. The monoisotopic (exact) mass is 223 g/mol. The molecule has 1 aromatic carbocycles. The molecule has 2 nitrogen and oxygen atoms in total. The van der Waals surface area contributed by atoms with Gasteiger partial charge in [0.15, 0.2) is 0 Å². The summed E-state index contributed by atoms with van der Waals surface area (Å²) in [5, 5.41) is 3.26. The van der Waals surface area contributed by atoms with Crippen LogP contribution in [0.15, 0.2) is 24.3 Å². The highest BCUT2D eigenvalue weighted by molar-refractivity contribution is 5.45. The third-order valence-corrected chi connectivity index (χ3v) is 3.24. The van der Waals surface area contributed by atoms with E-state index >= 15 is 0 Å². The van der Waals surface area contributed by atoms with Crippen LogP contribution >= 0.6 is 0 Å². The Labute approximate surface area is 95.8 Å². The van der Waals surface area contributed by atoms with Crippen molar-refractivity contribution < 1.29 is 9.13 Å². The molecular formula is C13H18FNO. The maximum Gasteiger partial charge on any atom is 0.146 e. The molecule has 1 aliphatic carbocycles. The fraction of sp³-hybridized carbons (Fsp3) is 0.538. The maximum atomic E-state index is 13.4. The second-order valence-corrected chi connectivity index (χ2v) is 4.33. The zero-order chi connectivity index (χ0) is 11.4. The lowest BCUT2D eigenvalue weighted by Gasteiger charge is -2.28.